The van der Waals surface area contributed by atoms with Crippen molar-refractivity contribution in [1.29, 1.82) is 0 Å². The average Bonchev–Trinajstić information content (AvgIpc) is 2.54. The van der Waals surface area contributed by atoms with Crippen LogP contribution in [0.15, 0.2) is 35.5 Å². The standard InChI is InChI=1S/C11H20N2O4.C7H8/c1-11(2,3)17-10(14)13-6-5-8(12-15)9(7-13)16-4;1-7-5-3-2-4-6-7/h8-9H,5-7H2,1-4H3;2-6H,1H3. The van der Waals surface area contributed by atoms with Gasteiger partial charge in [0.2, 0.25) is 0 Å². The van der Waals surface area contributed by atoms with Crippen molar-refractivity contribution in [3.8, 4) is 0 Å². The zero-order chi connectivity index (χ0) is 18.2. The summed E-state index contributed by atoms with van der Waals surface area (Å²) in [6, 6.07) is 9.89. The number of rotatable bonds is 2. The van der Waals surface area contributed by atoms with Gasteiger partial charge in [0.1, 0.15) is 17.7 Å². The summed E-state index contributed by atoms with van der Waals surface area (Å²) in [5, 5.41) is 3.01. The van der Waals surface area contributed by atoms with Gasteiger partial charge in [-0.3, -0.25) is 0 Å². The molecule has 1 amide bonds. The summed E-state index contributed by atoms with van der Waals surface area (Å²) >= 11 is 0. The van der Waals surface area contributed by atoms with Crippen molar-refractivity contribution < 1.29 is 14.3 Å². The summed E-state index contributed by atoms with van der Waals surface area (Å²) in [4.78, 5) is 23.9. The van der Waals surface area contributed by atoms with Gasteiger partial charge in [-0.15, -0.1) is 0 Å². The third-order valence-electron chi connectivity index (χ3n) is 3.55. The number of likely N-dealkylation sites (tertiary alicyclic amines) is 1. The topological polar surface area (TPSA) is 68.2 Å². The number of hydrogen-bond acceptors (Lipinski definition) is 5. The smallest absolute Gasteiger partial charge is 0.410 e. The molecule has 1 heterocycles. The predicted octanol–water partition coefficient (Wildman–Crippen LogP) is 3.77. The predicted molar refractivity (Wildman–Crippen MR) is 94.0 cm³/mol. The Labute approximate surface area is 144 Å². The lowest BCUT2D eigenvalue weighted by atomic mass is 10.0. The minimum atomic E-state index is -0.514. The van der Waals surface area contributed by atoms with Crippen molar-refractivity contribution >= 4 is 6.09 Å². The van der Waals surface area contributed by atoms with Crippen molar-refractivity contribution in [2.24, 2.45) is 5.18 Å². The van der Waals surface area contributed by atoms with E-state index in [-0.39, 0.29) is 18.2 Å². The fraction of sp³-hybridized carbons (Fsp3) is 0.611. The Hall–Kier alpha value is -1.95. The molecule has 0 aromatic heterocycles. The van der Waals surface area contributed by atoms with Crippen LogP contribution in [0.3, 0.4) is 0 Å². The van der Waals surface area contributed by atoms with Crippen LogP contribution >= 0.6 is 0 Å². The molecular formula is C18H28N2O4. The molecule has 0 radical (unpaired) electrons. The number of nitrogens with zero attached hydrogens (tertiary/aromatic N) is 2. The normalized spacial score (nSPS) is 20.6. The van der Waals surface area contributed by atoms with E-state index in [2.05, 4.69) is 24.2 Å². The van der Waals surface area contributed by atoms with Gasteiger partial charge in [-0.05, 0) is 34.1 Å². The number of piperidine rings is 1. The van der Waals surface area contributed by atoms with Gasteiger partial charge in [0, 0.05) is 13.7 Å². The van der Waals surface area contributed by atoms with Crippen molar-refractivity contribution in [3.05, 3.63) is 40.8 Å². The number of amides is 1. The van der Waals surface area contributed by atoms with E-state index in [9.17, 15) is 9.70 Å². The van der Waals surface area contributed by atoms with Crippen molar-refractivity contribution in [3.63, 3.8) is 0 Å². The first kappa shape index (κ1) is 20.1. The quantitative estimate of drug-likeness (QED) is 0.771. The third kappa shape index (κ3) is 7.08. The van der Waals surface area contributed by atoms with Gasteiger partial charge in [0.25, 0.3) is 0 Å². The molecular weight excluding hydrogens is 308 g/mol. The number of aryl methyl sites for hydroxylation is 1. The second kappa shape index (κ2) is 9.37. The summed E-state index contributed by atoms with van der Waals surface area (Å²) in [5.41, 5.74) is 0.807. The SMILES string of the molecule is COC1CN(C(=O)OC(C)(C)C)CCC1N=O.Cc1ccccc1. The van der Waals surface area contributed by atoms with E-state index in [0.717, 1.165) is 0 Å². The number of ether oxygens (including phenoxy) is 2. The van der Waals surface area contributed by atoms with Crippen LogP contribution in [-0.2, 0) is 9.47 Å². The molecule has 0 N–H and O–H groups in total. The van der Waals surface area contributed by atoms with Gasteiger partial charge in [-0.25, -0.2) is 4.79 Å². The summed E-state index contributed by atoms with van der Waals surface area (Å²) < 4.78 is 10.4. The molecule has 1 aromatic rings. The van der Waals surface area contributed by atoms with E-state index in [0.29, 0.717) is 19.5 Å². The lowest BCUT2D eigenvalue weighted by molar-refractivity contribution is -0.0125. The van der Waals surface area contributed by atoms with Crippen LogP contribution in [-0.4, -0.2) is 48.9 Å². The van der Waals surface area contributed by atoms with Gasteiger partial charge in [0.05, 0.1) is 6.54 Å². The maximum absolute atomic E-state index is 11.8. The van der Waals surface area contributed by atoms with Crippen LogP contribution in [0.2, 0.25) is 0 Å². The molecule has 134 valence electrons. The summed E-state index contributed by atoms with van der Waals surface area (Å²) in [7, 11) is 1.52. The Balaban J connectivity index is 0.000000341. The molecule has 2 rings (SSSR count). The highest BCUT2D eigenvalue weighted by Crippen LogP contribution is 2.19. The summed E-state index contributed by atoms with van der Waals surface area (Å²) in [6.07, 6.45) is -0.195. The Morgan fingerprint density at radius 1 is 1.25 bits per heavy atom. The van der Waals surface area contributed by atoms with Gasteiger partial charge in [-0.2, -0.15) is 4.91 Å². The molecule has 0 saturated carbocycles. The van der Waals surface area contributed by atoms with E-state index in [1.165, 1.54) is 12.7 Å². The maximum atomic E-state index is 11.8. The maximum Gasteiger partial charge on any atom is 0.410 e. The lowest BCUT2D eigenvalue weighted by Crippen LogP contribution is -2.50. The number of hydrogen-bond donors (Lipinski definition) is 0. The lowest BCUT2D eigenvalue weighted by Gasteiger charge is -2.35. The first-order chi connectivity index (χ1) is 11.3. The zero-order valence-corrected chi connectivity index (χ0v) is 15.2. The molecule has 1 aliphatic heterocycles. The molecule has 6 heteroatoms. The fourth-order valence-corrected chi connectivity index (χ4v) is 2.28. The molecule has 1 aromatic carbocycles. The highest BCUT2D eigenvalue weighted by atomic mass is 16.6. The molecule has 24 heavy (non-hydrogen) atoms. The first-order valence-electron chi connectivity index (χ1n) is 8.11. The minimum Gasteiger partial charge on any atom is -0.444 e. The molecule has 1 aliphatic rings. The molecule has 6 nitrogen and oxygen atoms in total. The van der Waals surface area contributed by atoms with Crippen LogP contribution in [0.25, 0.3) is 0 Å². The summed E-state index contributed by atoms with van der Waals surface area (Å²) in [5.74, 6) is 0. The number of carbonyl (C=O) groups is 1. The largest absolute Gasteiger partial charge is 0.444 e. The van der Waals surface area contributed by atoms with Gasteiger partial charge >= 0.3 is 6.09 Å². The molecule has 1 fully saturated rings. The Morgan fingerprint density at radius 2 is 1.88 bits per heavy atom. The molecule has 0 aliphatic carbocycles. The monoisotopic (exact) mass is 336 g/mol. The number of nitroso groups, excluding NO2 is 1. The van der Waals surface area contributed by atoms with E-state index >= 15 is 0 Å². The minimum absolute atomic E-state index is 0.339. The first-order valence-corrected chi connectivity index (χ1v) is 8.11. The number of carbonyl (C=O) groups excluding carboxylic acids is 1. The number of benzene rings is 1. The molecule has 0 bridgehead atoms. The Bertz CT molecular complexity index is 514. The van der Waals surface area contributed by atoms with Crippen LogP contribution in [0, 0.1) is 11.8 Å². The Morgan fingerprint density at radius 3 is 2.29 bits per heavy atom. The second-order valence-electron chi connectivity index (χ2n) is 6.82. The zero-order valence-electron chi connectivity index (χ0n) is 15.2. The third-order valence-corrected chi connectivity index (χ3v) is 3.55. The Kier molecular flexibility index (Phi) is 7.85. The van der Waals surface area contributed by atoms with Crippen molar-refractivity contribution in [1.82, 2.24) is 4.90 Å². The van der Waals surface area contributed by atoms with Crippen LogP contribution in [0.4, 0.5) is 4.79 Å². The van der Waals surface area contributed by atoms with Crippen LogP contribution < -0.4 is 0 Å². The van der Waals surface area contributed by atoms with Gasteiger partial charge in [0.15, 0.2) is 0 Å². The number of methoxy groups -OCH3 is 1. The van der Waals surface area contributed by atoms with E-state index in [1.807, 2.05) is 39.0 Å². The van der Waals surface area contributed by atoms with E-state index in [1.54, 1.807) is 4.90 Å². The highest BCUT2D eigenvalue weighted by Gasteiger charge is 2.34. The summed E-state index contributed by atoms with van der Waals surface area (Å²) in [6.45, 7) is 8.36. The molecule has 0 spiro atoms. The molecule has 2 unspecified atom stereocenters. The van der Waals surface area contributed by atoms with E-state index < -0.39 is 5.60 Å². The molecule has 1 saturated heterocycles. The average molecular weight is 336 g/mol. The molecule has 2 atom stereocenters. The van der Waals surface area contributed by atoms with Crippen LogP contribution in [0.1, 0.15) is 32.8 Å². The second-order valence-corrected chi connectivity index (χ2v) is 6.82. The van der Waals surface area contributed by atoms with Crippen molar-refractivity contribution in [2.75, 3.05) is 20.2 Å². The van der Waals surface area contributed by atoms with Crippen molar-refractivity contribution in [2.45, 2.75) is 51.9 Å². The fourth-order valence-electron chi connectivity index (χ4n) is 2.28. The van der Waals surface area contributed by atoms with Crippen LogP contribution in [0.5, 0.6) is 0 Å². The van der Waals surface area contributed by atoms with Gasteiger partial charge in [-0.1, -0.05) is 41.1 Å². The van der Waals surface area contributed by atoms with E-state index in [4.69, 9.17) is 9.47 Å². The van der Waals surface area contributed by atoms with Gasteiger partial charge < -0.3 is 14.4 Å². The highest BCUT2D eigenvalue weighted by molar-refractivity contribution is 5.68.